The van der Waals surface area contributed by atoms with Crippen molar-refractivity contribution in [2.24, 2.45) is 5.92 Å². The Kier molecular flexibility index (Phi) is 3.95. The minimum Gasteiger partial charge on any atom is -0.331 e. The molecule has 1 N–H and O–H groups in total. The van der Waals surface area contributed by atoms with E-state index in [0.717, 1.165) is 30.7 Å². The van der Waals surface area contributed by atoms with Crippen molar-refractivity contribution in [3.8, 4) is 0 Å². The maximum atomic E-state index is 12.8. The van der Waals surface area contributed by atoms with Gasteiger partial charge in [-0.05, 0) is 60.2 Å². The summed E-state index contributed by atoms with van der Waals surface area (Å²) in [6, 6.07) is 6.11. The number of hydrogen-bond acceptors (Lipinski definition) is 4. The van der Waals surface area contributed by atoms with E-state index in [1.54, 1.807) is 11.3 Å². The van der Waals surface area contributed by atoms with Gasteiger partial charge < -0.3 is 10.2 Å². The molecule has 23 heavy (non-hydrogen) atoms. The minimum absolute atomic E-state index is 0.0793. The van der Waals surface area contributed by atoms with E-state index in [9.17, 15) is 9.59 Å². The SMILES string of the molecule is O=C(Nc1ccc(C(=O)N(Cc2ccsc2)C2CC2)s1)C1CC1. The van der Waals surface area contributed by atoms with Crippen LogP contribution >= 0.6 is 22.7 Å². The van der Waals surface area contributed by atoms with Crippen molar-refractivity contribution >= 4 is 39.5 Å². The summed E-state index contributed by atoms with van der Waals surface area (Å²) in [5.41, 5.74) is 1.19. The monoisotopic (exact) mass is 346 g/mol. The predicted molar refractivity (Wildman–Crippen MR) is 92.9 cm³/mol. The zero-order chi connectivity index (χ0) is 15.8. The third-order valence-corrected chi connectivity index (χ3v) is 5.91. The number of thiophene rings is 2. The first kappa shape index (κ1) is 14.9. The lowest BCUT2D eigenvalue weighted by atomic mass is 10.3. The molecule has 0 aromatic carbocycles. The number of rotatable bonds is 6. The van der Waals surface area contributed by atoms with Crippen LogP contribution in [0.25, 0.3) is 0 Å². The van der Waals surface area contributed by atoms with Gasteiger partial charge in [0.15, 0.2) is 0 Å². The number of nitrogens with zero attached hydrogens (tertiary/aromatic N) is 1. The molecule has 2 amide bonds. The molecule has 2 heterocycles. The molecule has 0 radical (unpaired) electrons. The first-order valence-corrected chi connectivity index (χ1v) is 9.69. The topological polar surface area (TPSA) is 49.4 Å². The molecular weight excluding hydrogens is 328 g/mol. The fraction of sp³-hybridized carbons (Fsp3) is 0.412. The molecule has 2 aliphatic rings. The smallest absolute Gasteiger partial charge is 0.264 e. The van der Waals surface area contributed by atoms with Crippen LogP contribution in [0, 0.1) is 5.92 Å². The van der Waals surface area contributed by atoms with Gasteiger partial charge in [-0.2, -0.15) is 11.3 Å². The van der Waals surface area contributed by atoms with Crippen molar-refractivity contribution in [3.63, 3.8) is 0 Å². The molecule has 2 fully saturated rings. The molecule has 0 bridgehead atoms. The van der Waals surface area contributed by atoms with Crippen LogP contribution in [0.1, 0.15) is 40.9 Å². The van der Waals surface area contributed by atoms with Gasteiger partial charge in [0.05, 0.1) is 9.88 Å². The number of amides is 2. The molecule has 6 heteroatoms. The first-order valence-electron chi connectivity index (χ1n) is 7.93. The highest BCUT2D eigenvalue weighted by molar-refractivity contribution is 7.18. The van der Waals surface area contributed by atoms with Crippen LogP contribution in [0.4, 0.5) is 5.00 Å². The molecule has 2 aliphatic carbocycles. The Morgan fingerprint density at radius 3 is 2.65 bits per heavy atom. The molecule has 2 aromatic rings. The van der Waals surface area contributed by atoms with Crippen molar-refractivity contribution in [2.45, 2.75) is 38.3 Å². The summed E-state index contributed by atoms with van der Waals surface area (Å²) in [5, 5.41) is 7.83. The summed E-state index contributed by atoms with van der Waals surface area (Å²) in [6.07, 6.45) is 4.15. The summed E-state index contributed by atoms with van der Waals surface area (Å²) < 4.78 is 0. The van der Waals surface area contributed by atoms with Gasteiger partial charge in [-0.1, -0.05) is 0 Å². The van der Waals surface area contributed by atoms with Gasteiger partial charge in [-0.3, -0.25) is 9.59 Å². The molecule has 0 aliphatic heterocycles. The highest BCUT2D eigenvalue weighted by atomic mass is 32.1. The molecule has 4 rings (SSSR count). The van der Waals surface area contributed by atoms with E-state index in [4.69, 9.17) is 0 Å². The molecule has 2 aromatic heterocycles. The Hall–Kier alpha value is -1.66. The normalized spacial score (nSPS) is 17.0. The van der Waals surface area contributed by atoms with Crippen LogP contribution in [0.2, 0.25) is 0 Å². The van der Waals surface area contributed by atoms with Gasteiger partial charge in [-0.15, -0.1) is 11.3 Å². The van der Waals surface area contributed by atoms with E-state index >= 15 is 0 Å². The second kappa shape index (κ2) is 6.09. The van der Waals surface area contributed by atoms with Crippen LogP contribution in [-0.2, 0) is 11.3 Å². The molecule has 4 nitrogen and oxygen atoms in total. The number of hydrogen-bond donors (Lipinski definition) is 1. The third kappa shape index (κ3) is 3.48. The zero-order valence-corrected chi connectivity index (χ0v) is 14.3. The summed E-state index contributed by atoms with van der Waals surface area (Å²) in [4.78, 5) is 27.3. The highest BCUT2D eigenvalue weighted by Gasteiger charge is 2.34. The van der Waals surface area contributed by atoms with Gasteiger partial charge in [0.1, 0.15) is 0 Å². The Labute approximate surface area is 143 Å². The Morgan fingerprint density at radius 1 is 1.17 bits per heavy atom. The van der Waals surface area contributed by atoms with Crippen LogP contribution < -0.4 is 5.32 Å². The van der Waals surface area contributed by atoms with Crippen molar-refractivity contribution < 1.29 is 9.59 Å². The van der Waals surface area contributed by atoms with Crippen LogP contribution in [0.5, 0.6) is 0 Å². The number of carbonyl (C=O) groups excluding carboxylic acids is 2. The Morgan fingerprint density at radius 2 is 2.00 bits per heavy atom. The summed E-state index contributed by atoms with van der Waals surface area (Å²) in [6.45, 7) is 0.675. The lowest BCUT2D eigenvalue weighted by Crippen LogP contribution is -2.31. The molecule has 0 saturated heterocycles. The molecule has 0 unspecified atom stereocenters. The van der Waals surface area contributed by atoms with Gasteiger partial charge in [0, 0.05) is 18.5 Å². The minimum atomic E-state index is 0.0793. The van der Waals surface area contributed by atoms with Gasteiger partial charge in [0.25, 0.3) is 5.91 Å². The molecule has 0 spiro atoms. The van der Waals surface area contributed by atoms with Crippen molar-refractivity contribution in [3.05, 3.63) is 39.4 Å². The van der Waals surface area contributed by atoms with Crippen LogP contribution in [0.3, 0.4) is 0 Å². The number of anilines is 1. The van der Waals surface area contributed by atoms with E-state index in [-0.39, 0.29) is 17.7 Å². The summed E-state index contributed by atoms with van der Waals surface area (Å²) in [5.74, 6) is 0.344. The van der Waals surface area contributed by atoms with E-state index < -0.39 is 0 Å². The molecular formula is C17H18N2O2S2. The Balaban J connectivity index is 1.46. The standard InChI is InChI=1S/C17H18N2O2S2/c20-16(12-1-2-12)18-15-6-5-14(23-15)17(21)19(13-3-4-13)9-11-7-8-22-10-11/h5-8,10,12-13H,1-4,9H2,(H,18,20). The van der Waals surface area contributed by atoms with E-state index in [1.165, 1.54) is 16.9 Å². The van der Waals surface area contributed by atoms with Crippen molar-refractivity contribution in [2.75, 3.05) is 5.32 Å². The quantitative estimate of drug-likeness (QED) is 0.860. The second-order valence-corrected chi connectivity index (χ2v) is 8.09. The summed E-state index contributed by atoms with van der Waals surface area (Å²) >= 11 is 3.04. The summed E-state index contributed by atoms with van der Waals surface area (Å²) in [7, 11) is 0. The van der Waals surface area contributed by atoms with Crippen LogP contribution in [-0.4, -0.2) is 22.8 Å². The lowest BCUT2D eigenvalue weighted by Gasteiger charge is -2.21. The molecule has 120 valence electrons. The average molecular weight is 346 g/mol. The fourth-order valence-corrected chi connectivity index (χ4v) is 4.09. The molecule has 0 atom stereocenters. The van der Waals surface area contributed by atoms with E-state index in [1.807, 2.05) is 22.4 Å². The third-order valence-electron chi connectivity index (χ3n) is 4.19. The fourth-order valence-electron chi connectivity index (χ4n) is 2.56. The largest absolute Gasteiger partial charge is 0.331 e. The zero-order valence-electron chi connectivity index (χ0n) is 12.7. The average Bonchev–Trinajstić information content (AvgIpc) is 3.47. The van der Waals surface area contributed by atoms with Crippen molar-refractivity contribution in [1.82, 2.24) is 4.90 Å². The van der Waals surface area contributed by atoms with Gasteiger partial charge in [0.2, 0.25) is 5.91 Å². The lowest BCUT2D eigenvalue weighted by molar-refractivity contribution is -0.117. The maximum Gasteiger partial charge on any atom is 0.264 e. The molecule has 2 saturated carbocycles. The van der Waals surface area contributed by atoms with Crippen molar-refractivity contribution in [1.29, 1.82) is 0 Å². The van der Waals surface area contributed by atoms with Gasteiger partial charge >= 0.3 is 0 Å². The number of nitrogens with one attached hydrogen (secondary N) is 1. The second-order valence-electron chi connectivity index (χ2n) is 6.22. The van der Waals surface area contributed by atoms with E-state index in [0.29, 0.717) is 17.5 Å². The maximum absolute atomic E-state index is 12.8. The highest BCUT2D eigenvalue weighted by Crippen LogP contribution is 2.34. The Bertz CT molecular complexity index is 715. The van der Waals surface area contributed by atoms with E-state index in [2.05, 4.69) is 16.8 Å². The van der Waals surface area contributed by atoms with Gasteiger partial charge in [-0.25, -0.2) is 0 Å². The number of carbonyl (C=O) groups is 2. The van der Waals surface area contributed by atoms with Crippen LogP contribution in [0.15, 0.2) is 29.0 Å². The predicted octanol–water partition coefficient (Wildman–Crippen LogP) is 3.96. The first-order chi connectivity index (χ1) is 11.2.